The Bertz CT molecular complexity index is 611. The van der Waals surface area contributed by atoms with Gasteiger partial charge in [-0.1, -0.05) is 29.8 Å². The number of nitrogens with one attached hydrogen (secondary N) is 1. The van der Waals surface area contributed by atoms with E-state index in [4.69, 9.17) is 22.2 Å². The fourth-order valence-corrected chi connectivity index (χ4v) is 2.65. The molecular formula is C17H21ClN2O. The molecule has 0 saturated carbocycles. The third-order valence-corrected chi connectivity index (χ3v) is 3.97. The standard InChI is InChI=1S/C17H21ClN2O/c1-11-9-17(21-3)12(2)8-15(11)16(20-19)10-13-4-6-14(18)7-5-13/h4-9,16,20H,10,19H2,1-3H3. The molecule has 0 aliphatic carbocycles. The third kappa shape index (κ3) is 3.76. The summed E-state index contributed by atoms with van der Waals surface area (Å²) in [6.07, 6.45) is 0.806. The van der Waals surface area contributed by atoms with Crippen molar-refractivity contribution in [3.05, 3.63) is 63.7 Å². The summed E-state index contributed by atoms with van der Waals surface area (Å²) in [7, 11) is 1.69. The van der Waals surface area contributed by atoms with Crippen LogP contribution in [0.25, 0.3) is 0 Å². The van der Waals surface area contributed by atoms with Crippen LogP contribution in [-0.2, 0) is 6.42 Å². The number of hydrogen-bond donors (Lipinski definition) is 2. The summed E-state index contributed by atoms with van der Waals surface area (Å²) in [6, 6.07) is 12.1. The van der Waals surface area contributed by atoms with E-state index in [0.717, 1.165) is 28.3 Å². The van der Waals surface area contributed by atoms with Crippen LogP contribution in [0.4, 0.5) is 0 Å². The van der Waals surface area contributed by atoms with Gasteiger partial charge in [0.25, 0.3) is 0 Å². The first-order chi connectivity index (χ1) is 10.0. The summed E-state index contributed by atoms with van der Waals surface area (Å²) in [5, 5.41) is 0.743. The Morgan fingerprint density at radius 1 is 1.14 bits per heavy atom. The second kappa shape index (κ2) is 6.94. The number of methoxy groups -OCH3 is 1. The predicted molar refractivity (Wildman–Crippen MR) is 87.7 cm³/mol. The molecule has 2 aromatic carbocycles. The molecule has 1 unspecified atom stereocenters. The van der Waals surface area contributed by atoms with Gasteiger partial charge in [-0.05, 0) is 60.7 Å². The molecule has 2 aromatic rings. The molecular weight excluding hydrogens is 284 g/mol. The Morgan fingerprint density at radius 2 is 1.81 bits per heavy atom. The average Bonchev–Trinajstić information content (AvgIpc) is 2.49. The van der Waals surface area contributed by atoms with E-state index in [1.807, 2.05) is 31.2 Å². The van der Waals surface area contributed by atoms with Crippen molar-refractivity contribution in [1.29, 1.82) is 0 Å². The van der Waals surface area contributed by atoms with Gasteiger partial charge in [0.1, 0.15) is 5.75 Å². The Labute approximate surface area is 131 Å². The molecule has 0 aromatic heterocycles. The lowest BCUT2D eigenvalue weighted by Crippen LogP contribution is -2.30. The SMILES string of the molecule is COc1cc(C)c(C(Cc2ccc(Cl)cc2)NN)cc1C. The number of benzene rings is 2. The van der Waals surface area contributed by atoms with Gasteiger partial charge < -0.3 is 4.74 Å². The van der Waals surface area contributed by atoms with E-state index in [-0.39, 0.29) is 6.04 Å². The smallest absolute Gasteiger partial charge is 0.122 e. The van der Waals surface area contributed by atoms with Gasteiger partial charge in [0.2, 0.25) is 0 Å². The predicted octanol–water partition coefficient (Wildman–Crippen LogP) is 3.71. The van der Waals surface area contributed by atoms with Crippen LogP contribution >= 0.6 is 11.6 Å². The van der Waals surface area contributed by atoms with E-state index in [0.29, 0.717) is 0 Å². The quantitative estimate of drug-likeness (QED) is 0.654. The Balaban J connectivity index is 2.29. The average molecular weight is 305 g/mol. The summed E-state index contributed by atoms with van der Waals surface area (Å²) in [5.74, 6) is 6.67. The summed E-state index contributed by atoms with van der Waals surface area (Å²) in [5.41, 5.74) is 7.56. The number of hydrazine groups is 1. The monoisotopic (exact) mass is 304 g/mol. The number of halogens is 1. The maximum Gasteiger partial charge on any atom is 0.122 e. The van der Waals surface area contributed by atoms with Crippen LogP contribution in [0.15, 0.2) is 36.4 Å². The molecule has 0 aliphatic heterocycles. The number of nitrogens with two attached hydrogens (primary N) is 1. The van der Waals surface area contributed by atoms with Crippen molar-refractivity contribution in [2.75, 3.05) is 7.11 Å². The lowest BCUT2D eigenvalue weighted by atomic mass is 9.94. The second-order valence-electron chi connectivity index (χ2n) is 5.23. The van der Waals surface area contributed by atoms with E-state index in [1.165, 1.54) is 11.1 Å². The molecule has 2 rings (SSSR count). The van der Waals surface area contributed by atoms with Gasteiger partial charge in [0.05, 0.1) is 13.2 Å². The Morgan fingerprint density at radius 3 is 2.38 bits per heavy atom. The number of hydrogen-bond acceptors (Lipinski definition) is 3. The van der Waals surface area contributed by atoms with E-state index in [1.54, 1.807) is 7.11 Å². The van der Waals surface area contributed by atoms with Crippen LogP contribution < -0.4 is 16.0 Å². The number of ether oxygens (including phenoxy) is 1. The molecule has 0 aliphatic rings. The first-order valence-electron chi connectivity index (χ1n) is 6.91. The molecule has 0 saturated heterocycles. The highest BCUT2D eigenvalue weighted by atomic mass is 35.5. The van der Waals surface area contributed by atoms with Crippen LogP contribution in [0.5, 0.6) is 5.75 Å². The Kier molecular flexibility index (Phi) is 5.23. The van der Waals surface area contributed by atoms with Crippen molar-refractivity contribution in [2.45, 2.75) is 26.3 Å². The summed E-state index contributed by atoms with van der Waals surface area (Å²) < 4.78 is 5.36. The van der Waals surface area contributed by atoms with Gasteiger partial charge in [-0.15, -0.1) is 0 Å². The molecule has 0 bridgehead atoms. The second-order valence-corrected chi connectivity index (χ2v) is 5.66. The van der Waals surface area contributed by atoms with Gasteiger partial charge >= 0.3 is 0 Å². The van der Waals surface area contributed by atoms with Crippen molar-refractivity contribution in [1.82, 2.24) is 5.43 Å². The fraction of sp³-hybridized carbons (Fsp3) is 0.294. The largest absolute Gasteiger partial charge is 0.496 e. The first kappa shape index (κ1) is 15.8. The highest BCUT2D eigenvalue weighted by Gasteiger charge is 2.15. The van der Waals surface area contributed by atoms with Crippen LogP contribution in [0, 0.1) is 13.8 Å². The van der Waals surface area contributed by atoms with E-state index >= 15 is 0 Å². The number of aryl methyl sites for hydroxylation is 2. The molecule has 1 atom stereocenters. The van der Waals surface area contributed by atoms with Crippen molar-refractivity contribution in [2.24, 2.45) is 5.84 Å². The summed E-state index contributed by atoms with van der Waals surface area (Å²) in [4.78, 5) is 0. The normalized spacial score (nSPS) is 12.2. The van der Waals surface area contributed by atoms with Crippen LogP contribution in [0.1, 0.15) is 28.3 Å². The zero-order valence-corrected chi connectivity index (χ0v) is 13.4. The fourth-order valence-electron chi connectivity index (χ4n) is 2.52. The van der Waals surface area contributed by atoms with E-state index < -0.39 is 0 Å². The van der Waals surface area contributed by atoms with Gasteiger partial charge in [-0.2, -0.15) is 0 Å². The van der Waals surface area contributed by atoms with Crippen molar-refractivity contribution in [3.63, 3.8) is 0 Å². The van der Waals surface area contributed by atoms with Gasteiger partial charge in [-0.25, -0.2) is 0 Å². The van der Waals surface area contributed by atoms with Crippen LogP contribution in [-0.4, -0.2) is 7.11 Å². The summed E-state index contributed by atoms with van der Waals surface area (Å²) in [6.45, 7) is 4.11. The molecule has 4 heteroatoms. The first-order valence-corrected chi connectivity index (χ1v) is 7.28. The highest BCUT2D eigenvalue weighted by molar-refractivity contribution is 6.30. The van der Waals surface area contributed by atoms with Gasteiger partial charge in [0, 0.05) is 5.02 Å². The van der Waals surface area contributed by atoms with E-state index in [9.17, 15) is 0 Å². The molecule has 0 spiro atoms. The molecule has 0 fully saturated rings. The molecule has 0 amide bonds. The van der Waals surface area contributed by atoms with Gasteiger partial charge in [0.15, 0.2) is 0 Å². The van der Waals surface area contributed by atoms with Crippen LogP contribution in [0.3, 0.4) is 0 Å². The zero-order valence-electron chi connectivity index (χ0n) is 12.6. The maximum absolute atomic E-state index is 5.92. The highest BCUT2D eigenvalue weighted by Crippen LogP contribution is 2.28. The molecule has 21 heavy (non-hydrogen) atoms. The molecule has 112 valence electrons. The minimum absolute atomic E-state index is 0.0516. The van der Waals surface area contributed by atoms with Crippen molar-refractivity contribution < 1.29 is 4.74 Å². The lowest BCUT2D eigenvalue weighted by molar-refractivity contribution is 0.410. The maximum atomic E-state index is 5.92. The van der Waals surface area contributed by atoms with Crippen LogP contribution in [0.2, 0.25) is 5.02 Å². The molecule has 0 heterocycles. The summed E-state index contributed by atoms with van der Waals surface area (Å²) >= 11 is 5.92. The molecule has 0 radical (unpaired) electrons. The van der Waals surface area contributed by atoms with Gasteiger partial charge in [-0.3, -0.25) is 11.3 Å². The molecule has 3 N–H and O–H groups in total. The van der Waals surface area contributed by atoms with E-state index in [2.05, 4.69) is 24.5 Å². The Hall–Kier alpha value is -1.55. The minimum atomic E-state index is 0.0516. The molecule has 3 nitrogen and oxygen atoms in total. The number of rotatable bonds is 5. The lowest BCUT2D eigenvalue weighted by Gasteiger charge is -2.20. The van der Waals surface area contributed by atoms with Crippen molar-refractivity contribution in [3.8, 4) is 5.75 Å². The topological polar surface area (TPSA) is 47.3 Å². The minimum Gasteiger partial charge on any atom is -0.496 e. The zero-order chi connectivity index (χ0) is 15.4. The van der Waals surface area contributed by atoms with Crippen molar-refractivity contribution >= 4 is 11.6 Å². The third-order valence-electron chi connectivity index (χ3n) is 3.71.